The van der Waals surface area contributed by atoms with Crippen LogP contribution < -0.4 is 10.6 Å². The summed E-state index contributed by atoms with van der Waals surface area (Å²) in [5.41, 5.74) is 0.979. The van der Waals surface area contributed by atoms with Crippen LogP contribution >= 0.6 is 11.6 Å². The van der Waals surface area contributed by atoms with Gasteiger partial charge in [0, 0.05) is 25.7 Å². The van der Waals surface area contributed by atoms with Crippen molar-refractivity contribution in [1.29, 1.82) is 0 Å². The highest BCUT2D eigenvalue weighted by molar-refractivity contribution is 6.31. The average Bonchev–Trinajstić information content (AvgIpc) is 2.39. The summed E-state index contributed by atoms with van der Waals surface area (Å²) in [4.78, 5) is 24.7. The fourth-order valence-corrected chi connectivity index (χ4v) is 1.94. The molecule has 0 unspecified atom stereocenters. The van der Waals surface area contributed by atoms with E-state index in [4.69, 9.17) is 11.6 Å². The van der Waals surface area contributed by atoms with Crippen LogP contribution in [-0.4, -0.2) is 43.5 Å². The molecule has 0 aliphatic rings. The Hall–Kier alpha value is -1.75. The first-order valence-electron chi connectivity index (χ1n) is 6.40. The number of hydrogen-bond acceptors (Lipinski definition) is 2. The highest BCUT2D eigenvalue weighted by Gasteiger charge is 2.16. The van der Waals surface area contributed by atoms with Gasteiger partial charge in [-0.2, -0.15) is 0 Å². The molecular weight excluding hydrogens is 278 g/mol. The summed E-state index contributed by atoms with van der Waals surface area (Å²) in [5.74, 6) is -0.147. The lowest BCUT2D eigenvalue weighted by molar-refractivity contribution is -0.130. The molecule has 1 atom stereocenters. The van der Waals surface area contributed by atoms with Gasteiger partial charge in [0.25, 0.3) is 0 Å². The van der Waals surface area contributed by atoms with Gasteiger partial charge in [-0.25, -0.2) is 4.79 Å². The zero-order valence-corrected chi connectivity index (χ0v) is 12.7. The summed E-state index contributed by atoms with van der Waals surface area (Å²) in [6.07, 6.45) is 0.642. The smallest absolute Gasteiger partial charge is 0.315 e. The van der Waals surface area contributed by atoms with Crippen LogP contribution in [0.2, 0.25) is 5.02 Å². The van der Waals surface area contributed by atoms with E-state index in [-0.39, 0.29) is 11.9 Å². The summed E-state index contributed by atoms with van der Waals surface area (Å²) in [7, 11) is 3.30. The van der Waals surface area contributed by atoms with Crippen LogP contribution in [0.15, 0.2) is 24.3 Å². The van der Waals surface area contributed by atoms with Crippen molar-refractivity contribution in [3.63, 3.8) is 0 Å². The van der Waals surface area contributed by atoms with Gasteiger partial charge in [-0.1, -0.05) is 29.8 Å². The van der Waals surface area contributed by atoms with Gasteiger partial charge in [0.1, 0.15) is 6.04 Å². The molecule has 0 aromatic heterocycles. The third-order valence-electron chi connectivity index (χ3n) is 2.80. The predicted molar refractivity (Wildman–Crippen MR) is 79.8 cm³/mol. The Labute approximate surface area is 124 Å². The minimum absolute atomic E-state index is 0.147. The molecule has 2 N–H and O–H groups in total. The van der Waals surface area contributed by atoms with E-state index in [0.717, 1.165) is 5.56 Å². The number of amides is 3. The summed E-state index contributed by atoms with van der Waals surface area (Å²) < 4.78 is 0. The third-order valence-corrected chi connectivity index (χ3v) is 3.17. The predicted octanol–water partition coefficient (Wildman–Crippen LogP) is 1.66. The average molecular weight is 298 g/mol. The topological polar surface area (TPSA) is 61.4 Å². The largest absolute Gasteiger partial charge is 0.347 e. The number of carbonyl (C=O) groups excluding carboxylic acids is 2. The second kappa shape index (κ2) is 7.75. The molecule has 0 bridgehead atoms. The van der Waals surface area contributed by atoms with Gasteiger partial charge in [-0.3, -0.25) is 4.79 Å². The Bertz CT molecular complexity index is 477. The van der Waals surface area contributed by atoms with Crippen molar-refractivity contribution in [3.8, 4) is 0 Å². The molecule has 0 saturated heterocycles. The molecule has 0 spiro atoms. The highest BCUT2D eigenvalue weighted by Crippen LogP contribution is 2.14. The number of nitrogens with one attached hydrogen (secondary N) is 2. The molecule has 0 radical (unpaired) electrons. The summed E-state index contributed by atoms with van der Waals surface area (Å²) in [6.45, 7) is 2.11. The molecule has 1 aromatic rings. The Kier molecular flexibility index (Phi) is 6.31. The van der Waals surface area contributed by atoms with Gasteiger partial charge in [0.2, 0.25) is 5.91 Å². The van der Waals surface area contributed by atoms with Crippen molar-refractivity contribution in [1.82, 2.24) is 15.5 Å². The fraction of sp³-hybridized carbons (Fsp3) is 0.429. The SMILES string of the molecule is C[C@H](NC(=O)NCCc1ccccc1Cl)C(=O)N(C)C. The highest BCUT2D eigenvalue weighted by atomic mass is 35.5. The van der Waals surface area contributed by atoms with E-state index in [9.17, 15) is 9.59 Å². The van der Waals surface area contributed by atoms with E-state index in [1.165, 1.54) is 4.90 Å². The van der Waals surface area contributed by atoms with Crippen LogP contribution in [0.4, 0.5) is 4.79 Å². The molecule has 1 rings (SSSR count). The number of likely N-dealkylation sites (N-methyl/N-ethyl adjacent to an activating group) is 1. The maximum Gasteiger partial charge on any atom is 0.315 e. The summed E-state index contributed by atoms with van der Waals surface area (Å²) >= 11 is 6.02. The lowest BCUT2D eigenvalue weighted by atomic mass is 10.1. The number of nitrogens with zero attached hydrogens (tertiary/aromatic N) is 1. The lowest BCUT2D eigenvalue weighted by Crippen LogP contribution is -2.48. The van der Waals surface area contributed by atoms with Crippen molar-refractivity contribution >= 4 is 23.5 Å². The van der Waals surface area contributed by atoms with Crippen LogP contribution in [0.3, 0.4) is 0 Å². The van der Waals surface area contributed by atoms with E-state index < -0.39 is 6.04 Å². The van der Waals surface area contributed by atoms with Crippen LogP contribution in [0.1, 0.15) is 12.5 Å². The quantitative estimate of drug-likeness (QED) is 0.868. The lowest BCUT2D eigenvalue weighted by Gasteiger charge is -2.18. The third kappa shape index (κ3) is 5.09. The molecule has 0 heterocycles. The Morgan fingerprint density at radius 2 is 1.95 bits per heavy atom. The zero-order valence-electron chi connectivity index (χ0n) is 11.9. The normalized spacial score (nSPS) is 11.6. The summed E-state index contributed by atoms with van der Waals surface area (Å²) in [5, 5.41) is 5.98. The number of halogens is 1. The van der Waals surface area contributed by atoms with Gasteiger partial charge in [0.15, 0.2) is 0 Å². The van der Waals surface area contributed by atoms with E-state index in [0.29, 0.717) is 18.0 Å². The van der Waals surface area contributed by atoms with Gasteiger partial charge in [-0.05, 0) is 25.0 Å². The standard InChI is InChI=1S/C14H20ClN3O2/c1-10(13(19)18(2)3)17-14(20)16-9-8-11-6-4-5-7-12(11)15/h4-7,10H,8-9H2,1-3H3,(H2,16,17,20)/t10-/m0/s1. The van der Waals surface area contributed by atoms with Gasteiger partial charge < -0.3 is 15.5 Å². The van der Waals surface area contributed by atoms with E-state index in [1.54, 1.807) is 21.0 Å². The van der Waals surface area contributed by atoms with Crippen molar-refractivity contribution in [2.24, 2.45) is 0 Å². The maximum absolute atomic E-state index is 11.6. The van der Waals surface area contributed by atoms with Crippen molar-refractivity contribution < 1.29 is 9.59 Å². The van der Waals surface area contributed by atoms with Gasteiger partial charge >= 0.3 is 6.03 Å². The molecule has 3 amide bonds. The molecule has 5 nitrogen and oxygen atoms in total. The minimum Gasteiger partial charge on any atom is -0.347 e. The summed E-state index contributed by atoms with van der Waals surface area (Å²) in [6, 6.07) is 6.58. The zero-order chi connectivity index (χ0) is 15.1. The molecule has 0 saturated carbocycles. The van der Waals surface area contributed by atoms with Crippen LogP contribution in [-0.2, 0) is 11.2 Å². The van der Waals surface area contributed by atoms with Crippen LogP contribution in [0.5, 0.6) is 0 Å². The Balaban J connectivity index is 2.34. The first-order chi connectivity index (χ1) is 9.41. The minimum atomic E-state index is -0.551. The Morgan fingerprint density at radius 1 is 1.30 bits per heavy atom. The molecular formula is C14H20ClN3O2. The van der Waals surface area contributed by atoms with Crippen molar-refractivity contribution in [3.05, 3.63) is 34.9 Å². The van der Waals surface area contributed by atoms with E-state index in [2.05, 4.69) is 10.6 Å². The second-order valence-electron chi connectivity index (χ2n) is 4.70. The molecule has 20 heavy (non-hydrogen) atoms. The maximum atomic E-state index is 11.6. The first kappa shape index (κ1) is 16.3. The number of hydrogen-bond donors (Lipinski definition) is 2. The monoisotopic (exact) mass is 297 g/mol. The number of carbonyl (C=O) groups is 2. The van der Waals surface area contributed by atoms with E-state index in [1.807, 2.05) is 24.3 Å². The fourth-order valence-electron chi connectivity index (χ4n) is 1.71. The van der Waals surface area contributed by atoms with Gasteiger partial charge in [0.05, 0.1) is 0 Å². The molecule has 6 heteroatoms. The van der Waals surface area contributed by atoms with E-state index >= 15 is 0 Å². The van der Waals surface area contributed by atoms with Crippen LogP contribution in [0.25, 0.3) is 0 Å². The number of urea groups is 1. The molecule has 0 aliphatic heterocycles. The van der Waals surface area contributed by atoms with Crippen molar-refractivity contribution in [2.75, 3.05) is 20.6 Å². The molecule has 0 aliphatic carbocycles. The number of benzene rings is 1. The Morgan fingerprint density at radius 3 is 2.55 bits per heavy atom. The second-order valence-corrected chi connectivity index (χ2v) is 5.10. The first-order valence-corrected chi connectivity index (χ1v) is 6.78. The molecule has 110 valence electrons. The van der Waals surface area contributed by atoms with Gasteiger partial charge in [-0.15, -0.1) is 0 Å². The van der Waals surface area contributed by atoms with Crippen molar-refractivity contribution in [2.45, 2.75) is 19.4 Å². The molecule has 0 fully saturated rings. The molecule has 1 aromatic carbocycles. The number of rotatable bonds is 5. The van der Waals surface area contributed by atoms with Crippen LogP contribution in [0, 0.1) is 0 Å².